The van der Waals surface area contributed by atoms with Crippen molar-refractivity contribution in [2.24, 2.45) is 0 Å². The molecule has 0 saturated carbocycles. The average molecular weight is 369 g/mol. The van der Waals surface area contributed by atoms with Crippen molar-refractivity contribution in [2.45, 2.75) is 18.7 Å². The number of nitrogens with one attached hydrogen (secondary N) is 3. The molecule has 0 aliphatic carbocycles. The van der Waals surface area contributed by atoms with Gasteiger partial charge in [0, 0.05) is 7.05 Å². The highest BCUT2D eigenvalue weighted by molar-refractivity contribution is 7.88. The van der Waals surface area contributed by atoms with Crippen LogP contribution < -0.4 is 15.5 Å². The number of urea groups is 1. The number of hydrogen-bond donors (Lipinski definition) is 3. The maximum Gasteiger partial charge on any atom is 0.321 e. The quantitative estimate of drug-likeness (QED) is 0.592. The predicted octanol–water partition coefficient (Wildman–Crippen LogP) is -1.44. The summed E-state index contributed by atoms with van der Waals surface area (Å²) in [5, 5.41) is 4.60. The van der Waals surface area contributed by atoms with Gasteiger partial charge in [0.05, 0.1) is 31.9 Å². The molecule has 1 heterocycles. The first-order valence-corrected chi connectivity index (χ1v) is 9.83. The van der Waals surface area contributed by atoms with Crippen LogP contribution in [0.1, 0.15) is 12.5 Å². The maximum absolute atomic E-state index is 12.5. The Morgan fingerprint density at radius 1 is 1.20 bits per heavy atom. The highest BCUT2D eigenvalue weighted by atomic mass is 32.2. The Morgan fingerprint density at radius 3 is 2.36 bits per heavy atom. The van der Waals surface area contributed by atoms with Crippen molar-refractivity contribution < 1.29 is 22.9 Å². The number of carbonyl (C=O) groups is 2. The Kier molecular flexibility index (Phi) is 6.51. The second-order valence-corrected chi connectivity index (χ2v) is 8.06. The SMILES string of the molecule is CNC(=O)NC(=O)[C@H](C)[NH+]1CCN(S(=O)(=O)Cc2ccccc2)CC1. The zero-order chi connectivity index (χ0) is 18.4. The van der Waals surface area contributed by atoms with Crippen LogP contribution in [0, 0.1) is 0 Å². The van der Waals surface area contributed by atoms with Gasteiger partial charge >= 0.3 is 6.03 Å². The minimum atomic E-state index is -3.37. The van der Waals surface area contributed by atoms with Crippen LogP contribution in [0.4, 0.5) is 4.79 Å². The zero-order valence-electron chi connectivity index (χ0n) is 14.5. The van der Waals surface area contributed by atoms with E-state index in [1.165, 1.54) is 11.4 Å². The monoisotopic (exact) mass is 369 g/mol. The fraction of sp³-hybridized carbons (Fsp3) is 0.500. The molecule has 1 aliphatic heterocycles. The molecule has 25 heavy (non-hydrogen) atoms. The zero-order valence-corrected chi connectivity index (χ0v) is 15.3. The van der Waals surface area contributed by atoms with Gasteiger partial charge in [-0.2, -0.15) is 4.31 Å². The summed E-state index contributed by atoms with van der Waals surface area (Å²) >= 11 is 0. The molecule has 8 nitrogen and oxygen atoms in total. The van der Waals surface area contributed by atoms with Gasteiger partial charge in [-0.15, -0.1) is 0 Å². The molecule has 1 aromatic rings. The van der Waals surface area contributed by atoms with Crippen LogP contribution in [0.25, 0.3) is 0 Å². The molecule has 2 rings (SSSR count). The van der Waals surface area contributed by atoms with Gasteiger partial charge in [0.15, 0.2) is 6.04 Å². The van der Waals surface area contributed by atoms with E-state index in [2.05, 4.69) is 10.6 Å². The number of hydrogen-bond acceptors (Lipinski definition) is 4. The van der Waals surface area contributed by atoms with E-state index in [0.29, 0.717) is 26.2 Å². The van der Waals surface area contributed by atoms with Crippen LogP contribution in [-0.4, -0.2) is 63.9 Å². The lowest BCUT2D eigenvalue weighted by Gasteiger charge is -2.34. The number of sulfonamides is 1. The van der Waals surface area contributed by atoms with Gasteiger partial charge in [-0.05, 0) is 12.5 Å². The van der Waals surface area contributed by atoms with Gasteiger partial charge in [0.1, 0.15) is 0 Å². The highest BCUT2D eigenvalue weighted by Crippen LogP contribution is 2.10. The van der Waals surface area contributed by atoms with Gasteiger partial charge in [-0.25, -0.2) is 13.2 Å². The van der Waals surface area contributed by atoms with Crippen molar-refractivity contribution in [1.29, 1.82) is 0 Å². The lowest BCUT2D eigenvalue weighted by molar-refractivity contribution is -0.917. The lowest BCUT2D eigenvalue weighted by atomic mass is 10.2. The summed E-state index contributed by atoms with van der Waals surface area (Å²) in [5.41, 5.74) is 0.760. The number of amides is 3. The minimum absolute atomic E-state index is 0.0180. The minimum Gasteiger partial charge on any atom is -0.341 e. The van der Waals surface area contributed by atoms with Crippen LogP contribution in [-0.2, 0) is 20.6 Å². The fourth-order valence-corrected chi connectivity index (χ4v) is 4.36. The van der Waals surface area contributed by atoms with Crippen LogP contribution in [0.2, 0.25) is 0 Å². The molecule has 0 bridgehead atoms. The first-order chi connectivity index (χ1) is 11.8. The molecule has 1 aliphatic rings. The van der Waals surface area contributed by atoms with E-state index in [9.17, 15) is 18.0 Å². The van der Waals surface area contributed by atoms with Crippen LogP contribution in [0.5, 0.6) is 0 Å². The maximum atomic E-state index is 12.5. The summed E-state index contributed by atoms with van der Waals surface area (Å²) < 4.78 is 26.5. The molecule has 0 aromatic heterocycles. The van der Waals surface area contributed by atoms with Crippen LogP contribution >= 0.6 is 0 Å². The molecule has 0 spiro atoms. The van der Waals surface area contributed by atoms with Gasteiger partial charge in [0.25, 0.3) is 5.91 Å². The third-order valence-electron chi connectivity index (χ3n) is 4.42. The third-order valence-corrected chi connectivity index (χ3v) is 6.27. The fourth-order valence-electron chi connectivity index (χ4n) is 2.83. The van der Waals surface area contributed by atoms with E-state index in [0.717, 1.165) is 10.5 Å². The van der Waals surface area contributed by atoms with E-state index in [1.54, 1.807) is 19.1 Å². The van der Waals surface area contributed by atoms with Crippen molar-refractivity contribution in [2.75, 3.05) is 33.2 Å². The van der Waals surface area contributed by atoms with E-state index in [-0.39, 0.29) is 11.7 Å². The Morgan fingerprint density at radius 2 is 1.80 bits per heavy atom. The first-order valence-electron chi connectivity index (χ1n) is 8.22. The van der Waals surface area contributed by atoms with E-state index in [4.69, 9.17) is 0 Å². The molecular weight excluding hydrogens is 344 g/mol. The van der Waals surface area contributed by atoms with Crippen LogP contribution in [0.3, 0.4) is 0 Å². The Labute approximate surface area is 148 Å². The summed E-state index contributed by atoms with van der Waals surface area (Å²) in [6, 6.07) is 8.12. The second-order valence-electron chi connectivity index (χ2n) is 6.09. The predicted molar refractivity (Wildman–Crippen MR) is 93.4 cm³/mol. The Balaban J connectivity index is 1.90. The third kappa shape index (κ3) is 5.25. The normalized spacial score (nSPS) is 17.7. The van der Waals surface area contributed by atoms with E-state index >= 15 is 0 Å². The molecule has 138 valence electrons. The van der Waals surface area contributed by atoms with Gasteiger partial charge in [0.2, 0.25) is 10.0 Å². The number of carbonyl (C=O) groups excluding carboxylic acids is 2. The number of piperazine rings is 1. The second kappa shape index (κ2) is 8.41. The van der Waals surface area contributed by atoms with Crippen molar-refractivity contribution in [3.63, 3.8) is 0 Å². The molecule has 1 fully saturated rings. The van der Waals surface area contributed by atoms with Gasteiger partial charge < -0.3 is 10.2 Å². The molecular formula is C16H25N4O4S+. The molecule has 3 amide bonds. The molecule has 1 atom stereocenters. The Hall–Kier alpha value is -1.97. The summed E-state index contributed by atoms with van der Waals surface area (Å²) in [4.78, 5) is 24.2. The molecule has 1 saturated heterocycles. The molecule has 9 heteroatoms. The highest BCUT2D eigenvalue weighted by Gasteiger charge is 2.34. The molecule has 0 unspecified atom stereocenters. The van der Waals surface area contributed by atoms with Gasteiger partial charge in [-0.1, -0.05) is 30.3 Å². The summed E-state index contributed by atoms with van der Waals surface area (Å²) in [6.45, 7) is 3.51. The molecule has 3 N–H and O–H groups in total. The van der Waals surface area contributed by atoms with Gasteiger partial charge in [-0.3, -0.25) is 10.1 Å². The van der Waals surface area contributed by atoms with Crippen molar-refractivity contribution in [1.82, 2.24) is 14.9 Å². The summed E-state index contributed by atoms with van der Waals surface area (Å²) in [7, 11) is -1.93. The number of imide groups is 1. The van der Waals surface area contributed by atoms with Crippen molar-refractivity contribution >= 4 is 22.0 Å². The lowest BCUT2D eigenvalue weighted by Crippen LogP contribution is -3.19. The van der Waals surface area contributed by atoms with E-state index < -0.39 is 22.1 Å². The molecule has 1 aromatic carbocycles. The summed E-state index contributed by atoms with van der Waals surface area (Å²) in [6.07, 6.45) is 0. The van der Waals surface area contributed by atoms with E-state index in [1.807, 2.05) is 18.2 Å². The number of quaternary nitrogens is 1. The number of benzene rings is 1. The van der Waals surface area contributed by atoms with Crippen molar-refractivity contribution in [3.8, 4) is 0 Å². The average Bonchev–Trinajstić information content (AvgIpc) is 2.61. The number of rotatable bonds is 5. The van der Waals surface area contributed by atoms with Crippen LogP contribution in [0.15, 0.2) is 30.3 Å². The standard InChI is InChI=1S/C16H24N4O4S/c1-13(15(21)18-16(22)17-2)19-8-10-20(11-9-19)25(23,24)12-14-6-4-3-5-7-14/h3-7,13H,8-12H2,1-2H3,(H2,17,18,21,22)/p+1/t13-/m0/s1. The molecule has 0 radical (unpaired) electrons. The Bertz CT molecular complexity index is 700. The topological polar surface area (TPSA) is 100 Å². The smallest absolute Gasteiger partial charge is 0.321 e. The number of nitrogens with zero attached hydrogens (tertiary/aromatic N) is 1. The van der Waals surface area contributed by atoms with Crippen molar-refractivity contribution in [3.05, 3.63) is 35.9 Å². The largest absolute Gasteiger partial charge is 0.341 e. The summed E-state index contributed by atoms with van der Waals surface area (Å²) in [5.74, 6) is -0.384. The first kappa shape index (κ1) is 19.4.